The number of aliphatic hydroxyl groups excluding tert-OH is 1. The highest BCUT2D eigenvalue weighted by Crippen LogP contribution is 2.51. The van der Waals surface area contributed by atoms with Gasteiger partial charge in [0, 0.05) is 17.9 Å². The lowest BCUT2D eigenvalue weighted by atomic mass is 9.94. The molecule has 0 spiro atoms. The molecule has 9 heteroatoms. The van der Waals surface area contributed by atoms with Crippen molar-refractivity contribution < 1.29 is 32.9 Å². The summed E-state index contributed by atoms with van der Waals surface area (Å²) in [5, 5.41) is 19.3. The van der Waals surface area contributed by atoms with Crippen molar-refractivity contribution >= 4 is 16.0 Å². The minimum atomic E-state index is -3.82. The first-order valence-electron chi connectivity index (χ1n) is 8.76. The van der Waals surface area contributed by atoms with E-state index in [-0.39, 0.29) is 17.1 Å². The summed E-state index contributed by atoms with van der Waals surface area (Å²) in [5.41, 5.74) is 0.685. The molecule has 3 unspecified atom stereocenters. The Morgan fingerprint density at radius 1 is 1.18 bits per heavy atom. The molecule has 1 aliphatic heterocycles. The zero-order valence-corrected chi connectivity index (χ0v) is 15.5. The summed E-state index contributed by atoms with van der Waals surface area (Å²) in [7, 11) is -3.82. The van der Waals surface area contributed by atoms with Crippen molar-refractivity contribution in [3.8, 4) is 11.5 Å². The van der Waals surface area contributed by atoms with E-state index < -0.39 is 46.8 Å². The van der Waals surface area contributed by atoms with E-state index in [0.717, 1.165) is 0 Å². The summed E-state index contributed by atoms with van der Waals surface area (Å²) in [4.78, 5) is 10.9. The Balaban J connectivity index is 1.63. The molecule has 28 heavy (non-hydrogen) atoms. The highest BCUT2D eigenvalue weighted by Gasteiger charge is 2.51. The number of carboxylic acids is 1. The molecule has 8 nitrogen and oxygen atoms in total. The van der Waals surface area contributed by atoms with Crippen molar-refractivity contribution in [1.82, 2.24) is 4.72 Å². The Labute approximate surface area is 161 Å². The van der Waals surface area contributed by atoms with Crippen LogP contribution in [-0.2, 0) is 14.8 Å². The predicted octanol–water partition coefficient (Wildman–Crippen LogP) is 1.11. The summed E-state index contributed by atoms with van der Waals surface area (Å²) >= 11 is 0. The average Bonchev–Trinajstić information content (AvgIpc) is 3.17. The van der Waals surface area contributed by atoms with Gasteiger partial charge < -0.3 is 19.7 Å². The lowest BCUT2D eigenvalue weighted by molar-refractivity contribution is -0.139. The predicted molar refractivity (Wildman–Crippen MR) is 97.9 cm³/mol. The van der Waals surface area contributed by atoms with Gasteiger partial charge in [0.2, 0.25) is 10.0 Å². The number of benzene rings is 2. The van der Waals surface area contributed by atoms with Crippen molar-refractivity contribution in [3.63, 3.8) is 0 Å². The van der Waals surface area contributed by atoms with E-state index in [1.165, 1.54) is 12.1 Å². The number of carbonyl (C=O) groups is 1. The smallest absolute Gasteiger partial charge is 0.341 e. The number of ether oxygens (including phenoxy) is 2. The summed E-state index contributed by atoms with van der Waals surface area (Å²) < 4.78 is 39.2. The minimum absolute atomic E-state index is 0.114. The molecule has 2 aromatic rings. The van der Waals surface area contributed by atoms with E-state index >= 15 is 0 Å². The second kappa shape index (κ2) is 7.08. The fourth-order valence-electron chi connectivity index (χ4n) is 3.84. The third-order valence-corrected chi connectivity index (χ3v) is 6.48. The quantitative estimate of drug-likeness (QED) is 0.658. The first kappa shape index (κ1) is 18.7. The fraction of sp³-hybridized carbons (Fsp3) is 0.316. The molecule has 4 atom stereocenters. The van der Waals surface area contributed by atoms with Gasteiger partial charge in [0.25, 0.3) is 0 Å². The zero-order valence-electron chi connectivity index (χ0n) is 14.7. The van der Waals surface area contributed by atoms with Crippen molar-refractivity contribution in [2.75, 3.05) is 6.61 Å². The van der Waals surface area contributed by atoms with Crippen molar-refractivity contribution in [3.05, 3.63) is 54.1 Å². The SMILES string of the molecule is O=C(O)COc1cccc2c1OC1CC(O)C(NS(=O)(=O)c3ccccc3)[C@H]21. The molecule has 1 saturated carbocycles. The number of hydrogen-bond acceptors (Lipinski definition) is 6. The van der Waals surface area contributed by atoms with Gasteiger partial charge in [-0.1, -0.05) is 30.3 Å². The summed E-state index contributed by atoms with van der Waals surface area (Å²) in [6, 6.07) is 12.2. The van der Waals surface area contributed by atoms with Gasteiger partial charge in [0.15, 0.2) is 18.1 Å². The van der Waals surface area contributed by atoms with E-state index in [1.54, 1.807) is 36.4 Å². The first-order valence-corrected chi connectivity index (χ1v) is 10.2. The maximum Gasteiger partial charge on any atom is 0.341 e. The number of para-hydroxylation sites is 1. The maximum absolute atomic E-state index is 12.7. The highest BCUT2D eigenvalue weighted by molar-refractivity contribution is 7.89. The maximum atomic E-state index is 12.7. The number of aliphatic carboxylic acids is 1. The summed E-state index contributed by atoms with van der Waals surface area (Å²) in [6.45, 7) is -0.512. The highest BCUT2D eigenvalue weighted by atomic mass is 32.2. The van der Waals surface area contributed by atoms with E-state index in [4.69, 9.17) is 14.6 Å². The Morgan fingerprint density at radius 3 is 2.64 bits per heavy atom. The molecule has 0 amide bonds. The molecule has 0 aromatic heterocycles. The molecule has 0 saturated heterocycles. The number of sulfonamides is 1. The Bertz CT molecular complexity index is 993. The topological polar surface area (TPSA) is 122 Å². The largest absolute Gasteiger partial charge is 0.485 e. The summed E-state index contributed by atoms with van der Waals surface area (Å²) in [6.07, 6.45) is -1.09. The Morgan fingerprint density at radius 2 is 1.93 bits per heavy atom. The van der Waals surface area contributed by atoms with Gasteiger partial charge in [-0.05, 0) is 18.2 Å². The normalized spacial score (nSPS) is 25.6. The van der Waals surface area contributed by atoms with Crippen LogP contribution in [0.4, 0.5) is 0 Å². The molecular formula is C19H19NO7S. The molecule has 2 aromatic carbocycles. The number of aliphatic hydroxyl groups is 1. The van der Waals surface area contributed by atoms with Gasteiger partial charge in [-0.3, -0.25) is 0 Å². The Kier molecular flexibility index (Phi) is 4.74. The van der Waals surface area contributed by atoms with Crippen LogP contribution in [0.5, 0.6) is 11.5 Å². The monoisotopic (exact) mass is 405 g/mol. The second-order valence-corrected chi connectivity index (χ2v) is 8.52. The van der Waals surface area contributed by atoms with Gasteiger partial charge in [-0.2, -0.15) is 0 Å². The first-order chi connectivity index (χ1) is 13.4. The second-order valence-electron chi connectivity index (χ2n) is 6.80. The van der Waals surface area contributed by atoms with Gasteiger partial charge >= 0.3 is 5.97 Å². The van der Waals surface area contributed by atoms with Crippen LogP contribution >= 0.6 is 0 Å². The van der Waals surface area contributed by atoms with E-state index in [9.17, 15) is 18.3 Å². The van der Waals surface area contributed by atoms with E-state index in [2.05, 4.69) is 4.72 Å². The summed E-state index contributed by atoms with van der Waals surface area (Å²) in [5.74, 6) is -0.834. The lowest BCUT2D eigenvalue weighted by Crippen LogP contribution is -2.43. The molecule has 0 radical (unpaired) electrons. The van der Waals surface area contributed by atoms with Crippen LogP contribution in [0.1, 0.15) is 17.9 Å². The van der Waals surface area contributed by atoms with E-state index in [1.807, 2.05) is 0 Å². The van der Waals surface area contributed by atoms with Gasteiger partial charge in [0.05, 0.1) is 17.0 Å². The van der Waals surface area contributed by atoms with Crippen molar-refractivity contribution in [2.24, 2.45) is 0 Å². The van der Waals surface area contributed by atoms with Crippen LogP contribution in [0.2, 0.25) is 0 Å². The average molecular weight is 405 g/mol. The third-order valence-electron chi connectivity index (χ3n) is 5.01. The van der Waals surface area contributed by atoms with Gasteiger partial charge in [0.1, 0.15) is 6.10 Å². The van der Waals surface area contributed by atoms with Crippen LogP contribution in [0.3, 0.4) is 0 Å². The number of fused-ring (bicyclic) bond motifs is 3. The third kappa shape index (κ3) is 3.32. The minimum Gasteiger partial charge on any atom is -0.485 e. The number of nitrogens with one attached hydrogen (secondary N) is 1. The van der Waals surface area contributed by atoms with Crippen molar-refractivity contribution in [1.29, 1.82) is 0 Å². The van der Waals surface area contributed by atoms with Crippen molar-refractivity contribution in [2.45, 2.75) is 35.5 Å². The molecule has 1 fully saturated rings. The molecule has 148 valence electrons. The molecule has 2 aliphatic rings. The van der Waals surface area contributed by atoms with Crippen LogP contribution < -0.4 is 14.2 Å². The molecule has 4 rings (SSSR count). The molecule has 3 N–H and O–H groups in total. The molecule has 1 aliphatic carbocycles. The number of hydrogen-bond donors (Lipinski definition) is 3. The van der Waals surface area contributed by atoms with Gasteiger partial charge in [-0.15, -0.1) is 0 Å². The Hall–Kier alpha value is -2.62. The van der Waals surface area contributed by atoms with Gasteiger partial charge in [-0.25, -0.2) is 17.9 Å². The van der Waals surface area contributed by atoms with Crippen LogP contribution in [0, 0.1) is 0 Å². The zero-order chi connectivity index (χ0) is 19.9. The molecule has 1 heterocycles. The van der Waals surface area contributed by atoms with Crippen LogP contribution in [0.15, 0.2) is 53.4 Å². The van der Waals surface area contributed by atoms with Crippen LogP contribution in [-0.4, -0.2) is 49.5 Å². The fourth-order valence-corrected chi connectivity index (χ4v) is 5.16. The standard InChI is InChI=1S/C19H19NO7S/c21-13-9-15-17(18(13)20-28(24,25)11-5-2-1-3-6-11)12-7-4-8-14(19(12)27-15)26-10-16(22)23/h1-8,13,15,17-18,20-21H,9-10H2,(H,22,23)/t13?,15?,17-,18?/m1/s1. The lowest BCUT2D eigenvalue weighted by Gasteiger charge is -2.22. The molecular weight excluding hydrogens is 386 g/mol. The van der Waals surface area contributed by atoms with E-state index in [0.29, 0.717) is 11.3 Å². The van der Waals surface area contributed by atoms with Crippen LogP contribution in [0.25, 0.3) is 0 Å². The number of carboxylic acid groups (broad SMARTS) is 1. The number of rotatable bonds is 6. The molecule has 0 bridgehead atoms.